The van der Waals surface area contributed by atoms with Crippen LogP contribution in [0.15, 0.2) is 48.5 Å². The molecule has 1 aliphatic rings. The van der Waals surface area contributed by atoms with Crippen LogP contribution >= 0.6 is 0 Å². The SMILES string of the molecule is COc1ccc(OC)c(C2CN(C(=O)CC(C)C)CC2C(=O)N(C)Cc2ccccc2)c1. The highest BCUT2D eigenvalue weighted by Gasteiger charge is 2.42. The molecule has 32 heavy (non-hydrogen) atoms. The molecular weight excluding hydrogens is 404 g/mol. The van der Waals surface area contributed by atoms with Gasteiger partial charge in [-0.15, -0.1) is 0 Å². The average Bonchev–Trinajstić information content (AvgIpc) is 3.23. The van der Waals surface area contributed by atoms with Crippen LogP contribution in [-0.4, -0.2) is 56.0 Å². The maximum absolute atomic E-state index is 13.6. The molecule has 0 aliphatic carbocycles. The number of benzene rings is 2. The maximum Gasteiger partial charge on any atom is 0.228 e. The molecule has 6 heteroatoms. The molecule has 1 saturated heterocycles. The first-order chi connectivity index (χ1) is 15.3. The summed E-state index contributed by atoms with van der Waals surface area (Å²) in [5.41, 5.74) is 1.97. The number of carbonyl (C=O) groups excluding carboxylic acids is 2. The summed E-state index contributed by atoms with van der Waals surface area (Å²) in [6.45, 7) is 5.50. The Morgan fingerprint density at radius 3 is 2.41 bits per heavy atom. The van der Waals surface area contributed by atoms with Crippen LogP contribution in [0.5, 0.6) is 11.5 Å². The molecule has 2 unspecified atom stereocenters. The monoisotopic (exact) mass is 438 g/mol. The summed E-state index contributed by atoms with van der Waals surface area (Å²) in [4.78, 5) is 30.1. The van der Waals surface area contributed by atoms with Gasteiger partial charge in [0.15, 0.2) is 0 Å². The van der Waals surface area contributed by atoms with Crippen LogP contribution in [-0.2, 0) is 16.1 Å². The Morgan fingerprint density at radius 2 is 1.78 bits per heavy atom. The van der Waals surface area contributed by atoms with E-state index < -0.39 is 0 Å². The summed E-state index contributed by atoms with van der Waals surface area (Å²) in [5, 5.41) is 0. The first kappa shape index (κ1) is 23.6. The van der Waals surface area contributed by atoms with Gasteiger partial charge in [0, 0.05) is 44.6 Å². The molecule has 0 spiro atoms. The zero-order valence-electron chi connectivity index (χ0n) is 19.7. The number of methoxy groups -OCH3 is 2. The minimum absolute atomic E-state index is 0.0311. The van der Waals surface area contributed by atoms with Crippen LogP contribution < -0.4 is 9.47 Å². The largest absolute Gasteiger partial charge is 0.497 e. The van der Waals surface area contributed by atoms with Gasteiger partial charge in [-0.1, -0.05) is 44.2 Å². The minimum atomic E-state index is -0.346. The average molecular weight is 439 g/mol. The van der Waals surface area contributed by atoms with Crippen LogP contribution in [0.3, 0.4) is 0 Å². The summed E-state index contributed by atoms with van der Waals surface area (Å²) in [6, 6.07) is 15.6. The van der Waals surface area contributed by atoms with Gasteiger partial charge >= 0.3 is 0 Å². The van der Waals surface area contributed by atoms with Crippen LogP contribution in [0.2, 0.25) is 0 Å². The molecule has 2 amide bonds. The van der Waals surface area contributed by atoms with E-state index in [0.717, 1.165) is 11.1 Å². The number of ether oxygens (including phenoxy) is 2. The van der Waals surface area contributed by atoms with Gasteiger partial charge < -0.3 is 19.3 Å². The number of likely N-dealkylation sites (tertiary alicyclic amines) is 1. The Kier molecular flexibility index (Phi) is 7.78. The van der Waals surface area contributed by atoms with Gasteiger partial charge in [0.05, 0.1) is 20.1 Å². The van der Waals surface area contributed by atoms with Crippen LogP contribution in [0.4, 0.5) is 0 Å². The predicted molar refractivity (Wildman–Crippen MR) is 125 cm³/mol. The number of hydrogen-bond donors (Lipinski definition) is 0. The van der Waals surface area contributed by atoms with E-state index >= 15 is 0 Å². The Bertz CT molecular complexity index is 929. The van der Waals surface area contributed by atoms with E-state index in [1.165, 1.54) is 0 Å². The predicted octanol–water partition coefficient (Wildman–Crippen LogP) is 3.95. The summed E-state index contributed by atoms with van der Waals surface area (Å²) in [6.07, 6.45) is 0.475. The van der Waals surface area contributed by atoms with Gasteiger partial charge in [0.25, 0.3) is 0 Å². The van der Waals surface area contributed by atoms with Gasteiger partial charge in [0.2, 0.25) is 11.8 Å². The third-order valence-corrected chi connectivity index (χ3v) is 6.05. The fourth-order valence-electron chi connectivity index (χ4n) is 4.40. The van der Waals surface area contributed by atoms with Crippen molar-refractivity contribution >= 4 is 11.8 Å². The van der Waals surface area contributed by atoms with E-state index in [1.807, 2.05) is 74.3 Å². The molecule has 6 nitrogen and oxygen atoms in total. The molecule has 1 heterocycles. The molecule has 0 bridgehead atoms. The molecule has 2 aromatic carbocycles. The highest BCUT2D eigenvalue weighted by atomic mass is 16.5. The molecule has 2 atom stereocenters. The van der Waals surface area contributed by atoms with Crippen molar-refractivity contribution in [1.82, 2.24) is 9.80 Å². The van der Waals surface area contributed by atoms with Crippen molar-refractivity contribution in [3.8, 4) is 11.5 Å². The zero-order chi connectivity index (χ0) is 23.3. The standard InChI is InChI=1S/C26H34N2O4/c1-18(2)13-25(29)28-16-22(21-14-20(31-4)11-12-24(21)32-5)23(17-28)26(30)27(3)15-19-9-7-6-8-10-19/h6-12,14,18,22-23H,13,15-17H2,1-5H3. The fraction of sp³-hybridized carbons (Fsp3) is 0.462. The Morgan fingerprint density at radius 1 is 1.06 bits per heavy atom. The smallest absolute Gasteiger partial charge is 0.228 e. The number of rotatable bonds is 8. The maximum atomic E-state index is 13.6. The lowest BCUT2D eigenvalue weighted by Gasteiger charge is -2.25. The van der Waals surface area contributed by atoms with E-state index in [-0.39, 0.29) is 29.6 Å². The van der Waals surface area contributed by atoms with Crippen molar-refractivity contribution < 1.29 is 19.1 Å². The van der Waals surface area contributed by atoms with E-state index in [1.54, 1.807) is 19.1 Å². The van der Waals surface area contributed by atoms with Gasteiger partial charge in [-0.05, 0) is 29.7 Å². The van der Waals surface area contributed by atoms with E-state index in [2.05, 4.69) is 0 Å². The first-order valence-electron chi connectivity index (χ1n) is 11.1. The zero-order valence-corrected chi connectivity index (χ0v) is 19.7. The Labute approximate surface area is 191 Å². The van der Waals surface area contributed by atoms with Crippen molar-refractivity contribution in [2.75, 3.05) is 34.4 Å². The van der Waals surface area contributed by atoms with Crippen LogP contribution in [0, 0.1) is 11.8 Å². The molecule has 0 aromatic heterocycles. The van der Waals surface area contributed by atoms with Crippen LogP contribution in [0.1, 0.15) is 37.3 Å². The van der Waals surface area contributed by atoms with Gasteiger partial charge in [-0.2, -0.15) is 0 Å². The van der Waals surface area contributed by atoms with E-state index in [0.29, 0.717) is 37.6 Å². The minimum Gasteiger partial charge on any atom is -0.497 e. The molecule has 3 rings (SSSR count). The van der Waals surface area contributed by atoms with Gasteiger partial charge in [-0.3, -0.25) is 9.59 Å². The second-order valence-electron chi connectivity index (χ2n) is 8.90. The van der Waals surface area contributed by atoms with E-state index in [9.17, 15) is 9.59 Å². The van der Waals surface area contributed by atoms with Gasteiger partial charge in [0.1, 0.15) is 11.5 Å². The molecule has 1 aliphatic heterocycles. The van der Waals surface area contributed by atoms with Crippen molar-refractivity contribution in [2.45, 2.75) is 32.7 Å². The molecule has 0 N–H and O–H groups in total. The summed E-state index contributed by atoms with van der Waals surface area (Å²) in [5.74, 6) is 1.29. The second-order valence-corrected chi connectivity index (χ2v) is 8.90. The molecular formula is C26H34N2O4. The van der Waals surface area contributed by atoms with Crippen molar-refractivity contribution in [3.05, 3.63) is 59.7 Å². The fourth-order valence-corrected chi connectivity index (χ4v) is 4.40. The van der Waals surface area contributed by atoms with E-state index in [4.69, 9.17) is 9.47 Å². The Hall–Kier alpha value is -3.02. The summed E-state index contributed by atoms with van der Waals surface area (Å²) < 4.78 is 11.0. The second kappa shape index (κ2) is 10.5. The molecule has 172 valence electrons. The van der Waals surface area contributed by atoms with Crippen molar-refractivity contribution in [3.63, 3.8) is 0 Å². The third kappa shape index (κ3) is 5.42. The lowest BCUT2D eigenvalue weighted by atomic mass is 9.87. The first-order valence-corrected chi connectivity index (χ1v) is 11.1. The summed E-state index contributed by atoms with van der Waals surface area (Å²) in [7, 11) is 5.07. The number of hydrogen-bond acceptors (Lipinski definition) is 4. The highest BCUT2D eigenvalue weighted by molar-refractivity contribution is 5.83. The number of amides is 2. The van der Waals surface area contributed by atoms with Crippen LogP contribution in [0.25, 0.3) is 0 Å². The van der Waals surface area contributed by atoms with Gasteiger partial charge in [-0.25, -0.2) is 0 Å². The highest BCUT2D eigenvalue weighted by Crippen LogP contribution is 2.40. The number of carbonyl (C=O) groups is 2. The normalized spacial score (nSPS) is 18.0. The Balaban J connectivity index is 1.91. The quantitative estimate of drug-likeness (QED) is 0.626. The number of nitrogens with zero attached hydrogens (tertiary/aromatic N) is 2. The molecule has 0 radical (unpaired) electrons. The lowest BCUT2D eigenvalue weighted by molar-refractivity contribution is -0.135. The topological polar surface area (TPSA) is 59.1 Å². The third-order valence-electron chi connectivity index (χ3n) is 6.05. The molecule has 0 saturated carbocycles. The lowest BCUT2D eigenvalue weighted by Crippen LogP contribution is -2.36. The molecule has 1 fully saturated rings. The molecule has 2 aromatic rings. The van der Waals surface area contributed by atoms with Crippen molar-refractivity contribution in [2.24, 2.45) is 11.8 Å². The summed E-state index contributed by atoms with van der Waals surface area (Å²) >= 11 is 0. The van der Waals surface area contributed by atoms with Crippen molar-refractivity contribution in [1.29, 1.82) is 0 Å².